The molecule has 1 saturated heterocycles. The molecular weight excluding hydrogens is 646 g/mol. The van der Waals surface area contributed by atoms with Gasteiger partial charge in [0.25, 0.3) is 17.1 Å². The molecule has 2 N–H and O–H groups in total. The van der Waals surface area contributed by atoms with Crippen molar-refractivity contribution in [3.63, 3.8) is 0 Å². The Bertz CT molecular complexity index is 1600. The predicted octanol–water partition coefficient (Wildman–Crippen LogP) is 6.81. The van der Waals surface area contributed by atoms with Crippen LogP contribution >= 0.6 is 39.3 Å². The van der Waals surface area contributed by atoms with Crippen molar-refractivity contribution in [1.29, 1.82) is 0 Å². The number of ether oxygens (including phenoxy) is 2. The third-order valence-electron chi connectivity index (χ3n) is 6.09. The maximum absolute atomic E-state index is 13.0. The minimum Gasteiger partial charge on any atom is -0.490 e. The number of nitrogens with zero attached hydrogens (tertiary/aromatic N) is 1. The Hall–Kier alpha value is -3.80. The van der Waals surface area contributed by atoms with Crippen molar-refractivity contribution in [3.05, 3.63) is 85.7 Å². The van der Waals surface area contributed by atoms with Crippen LogP contribution in [0.5, 0.6) is 11.5 Å². The Kier molecular flexibility index (Phi) is 10.3. The zero-order valence-corrected chi connectivity index (χ0v) is 26.1. The number of aryl methyl sites for hydroxylation is 2. The van der Waals surface area contributed by atoms with Crippen LogP contribution in [0.2, 0.25) is 5.02 Å². The number of nitrogens with one attached hydrogen (secondary N) is 2. The smallest absolute Gasteiger partial charge is 0.294 e. The first-order valence-electron chi connectivity index (χ1n) is 12.8. The lowest BCUT2D eigenvalue weighted by Gasteiger charge is -2.13. The minimum atomic E-state index is -0.588. The fraction of sp³-hybridized carbons (Fsp3) is 0.200. The fourth-order valence-corrected chi connectivity index (χ4v) is 5.13. The van der Waals surface area contributed by atoms with E-state index in [1.54, 1.807) is 36.4 Å². The summed E-state index contributed by atoms with van der Waals surface area (Å²) in [4.78, 5) is 51.5. The number of amides is 4. The molecule has 4 rings (SSSR count). The summed E-state index contributed by atoms with van der Waals surface area (Å²) in [6.07, 6.45) is 1.54. The molecule has 42 heavy (non-hydrogen) atoms. The quantitative estimate of drug-likeness (QED) is 0.228. The maximum Gasteiger partial charge on any atom is 0.294 e. The molecule has 218 valence electrons. The van der Waals surface area contributed by atoms with E-state index in [0.29, 0.717) is 44.5 Å². The average molecular weight is 673 g/mol. The van der Waals surface area contributed by atoms with Gasteiger partial charge in [0, 0.05) is 15.8 Å². The summed E-state index contributed by atoms with van der Waals surface area (Å²) in [6, 6.07) is 15.5. The second kappa shape index (κ2) is 13.9. The number of thioether (sulfide) groups is 1. The van der Waals surface area contributed by atoms with Crippen LogP contribution in [0.4, 0.5) is 16.2 Å². The highest BCUT2D eigenvalue weighted by atomic mass is 79.9. The molecule has 1 aliphatic rings. The number of anilines is 2. The van der Waals surface area contributed by atoms with Crippen molar-refractivity contribution in [2.75, 3.05) is 30.4 Å². The molecular formula is C30H27BrClN3O6S. The van der Waals surface area contributed by atoms with Crippen molar-refractivity contribution in [2.24, 2.45) is 0 Å². The van der Waals surface area contributed by atoms with Crippen LogP contribution in [-0.4, -0.2) is 47.6 Å². The molecule has 1 fully saturated rings. The maximum atomic E-state index is 13.0. The van der Waals surface area contributed by atoms with Gasteiger partial charge in [0.05, 0.1) is 16.5 Å². The fourth-order valence-electron chi connectivity index (χ4n) is 3.87. The number of hydrogen-bond donors (Lipinski definition) is 2. The van der Waals surface area contributed by atoms with Gasteiger partial charge in [-0.3, -0.25) is 24.1 Å². The third-order valence-corrected chi connectivity index (χ3v) is 8.23. The molecule has 1 heterocycles. The number of hydrogen-bond acceptors (Lipinski definition) is 7. The van der Waals surface area contributed by atoms with E-state index in [2.05, 4.69) is 26.6 Å². The summed E-state index contributed by atoms with van der Waals surface area (Å²) in [7, 11) is 0. The van der Waals surface area contributed by atoms with Gasteiger partial charge in [0.15, 0.2) is 18.1 Å². The van der Waals surface area contributed by atoms with Crippen LogP contribution in [0, 0.1) is 13.8 Å². The number of halogens is 2. The summed E-state index contributed by atoms with van der Waals surface area (Å²) < 4.78 is 12.1. The summed E-state index contributed by atoms with van der Waals surface area (Å²) >= 11 is 10.1. The van der Waals surface area contributed by atoms with E-state index in [1.165, 1.54) is 6.08 Å². The van der Waals surface area contributed by atoms with Crippen molar-refractivity contribution in [2.45, 2.75) is 20.8 Å². The Morgan fingerprint density at radius 1 is 0.929 bits per heavy atom. The summed E-state index contributed by atoms with van der Waals surface area (Å²) in [5, 5.41) is 5.29. The van der Waals surface area contributed by atoms with Crippen LogP contribution in [0.25, 0.3) is 6.08 Å². The van der Waals surface area contributed by atoms with Gasteiger partial charge in [-0.15, -0.1) is 0 Å². The molecule has 3 aromatic carbocycles. The van der Waals surface area contributed by atoms with Crippen LogP contribution in [0.3, 0.4) is 0 Å². The third kappa shape index (κ3) is 7.93. The lowest BCUT2D eigenvalue weighted by Crippen LogP contribution is -2.36. The Morgan fingerprint density at radius 3 is 2.36 bits per heavy atom. The number of carbonyl (C=O) groups excluding carboxylic acids is 4. The number of benzene rings is 3. The van der Waals surface area contributed by atoms with Crippen molar-refractivity contribution >= 4 is 79.7 Å². The van der Waals surface area contributed by atoms with Gasteiger partial charge < -0.3 is 20.1 Å². The Balaban J connectivity index is 1.40. The average Bonchev–Trinajstić information content (AvgIpc) is 3.19. The summed E-state index contributed by atoms with van der Waals surface area (Å²) in [6.45, 7) is 5.43. The van der Waals surface area contributed by atoms with Crippen LogP contribution in [0.1, 0.15) is 23.6 Å². The molecule has 0 aliphatic carbocycles. The molecule has 1 aliphatic heterocycles. The van der Waals surface area contributed by atoms with E-state index < -0.39 is 23.6 Å². The highest BCUT2D eigenvalue weighted by Crippen LogP contribution is 2.35. The van der Waals surface area contributed by atoms with E-state index in [0.717, 1.165) is 27.8 Å². The van der Waals surface area contributed by atoms with E-state index in [9.17, 15) is 19.2 Å². The lowest BCUT2D eigenvalue weighted by atomic mass is 10.1. The van der Waals surface area contributed by atoms with Gasteiger partial charge in [-0.05, 0) is 114 Å². The first-order chi connectivity index (χ1) is 20.0. The molecule has 0 saturated carbocycles. The van der Waals surface area contributed by atoms with Gasteiger partial charge in [-0.2, -0.15) is 0 Å². The van der Waals surface area contributed by atoms with Gasteiger partial charge >= 0.3 is 0 Å². The van der Waals surface area contributed by atoms with Crippen molar-refractivity contribution in [1.82, 2.24) is 4.90 Å². The second-order valence-corrected chi connectivity index (χ2v) is 11.5. The van der Waals surface area contributed by atoms with Crippen LogP contribution < -0.4 is 20.1 Å². The zero-order valence-electron chi connectivity index (χ0n) is 23.0. The van der Waals surface area contributed by atoms with Gasteiger partial charge in [0.1, 0.15) is 6.54 Å². The molecule has 9 nitrogen and oxygen atoms in total. The number of imide groups is 1. The molecule has 0 unspecified atom stereocenters. The minimum absolute atomic E-state index is 0.156. The van der Waals surface area contributed by atoms with E-state index >= 15 is 0 Å². The largest absolute Gasteiger partial charge is 0.490 e. The summed E-state index contributed by atoms with van der Waals surface area (Å²) in [5.74, 6) is -0.737. The normalized spacial score (nSPS) is 13.8. The van der Waals surface area contributed by atoms with Crippen molar-refractivity contribution < 1.29 is 28.7 Å². The van der Waals surface area contributed by atoms with Crippen LogP contribution in [0.15, 0.2) is 64.0 Å². The molecule has 0 aromatic heterocycles. The van der Waals surface area contributed by atoms with E-state index in [1.807, 2.05) is 39.0 Å². The molecule has 0 atom stereocenters. The highest BCUT2D eigenvalue weighted by Gasteiger charge is 2.36. The molecule has 0 bridgehead atoms. The van der Waals surface area contributed by atoms with Gasteiger partial charge in [-0.25, -0.2) is 0 Å². The monoisotopic (exact) mass is 671 g/mol. The predicted molar refractivity (Wildman–Crippen MR) is 168 cm³/mol. The van der Waals surface area contributed by atoms with Gasteiger partial charge in [-0.1, -0.05) is 23.7 Å². The standard InChI is InChI=1S/C30H27BrClN3O6S/c1-4-40-25-12-19(6-10-24(25)41-16-28(37)34-20-7-5-17(2)18(3)11-20)13-26-29(38)35(30(39)42-26)15-27(36)33-21-8-9-22(31)23(32)14-21/h5-14H,4,15-16H2,1-3H3,(H,33,36)(H,34,37)/b26-13+. The summed E-state index contributed by atoms with van der Waals surface area (Å²) in [5.41, 5.74) is 3.88. The van der Waals surface area contributed by atoms with Crippen molar-refractivity contribution in [3.8, 4) is 11.5 Å². The van der Waals surface area contributed by atoms with Gasteiger partial charge in [0.2, 0.25) is 5.91 Å². The molecule has 0 radical (unpaired) electrons. The topological polar surface area (TPSA) is 114 Å². The number of carbonyl (C=O) groups is 4. The SMILES string of the molecule is CCOc1cc(/C=C2/SC(=O)N(CC(=O)Nc3ccc(Br)c(Cl)c3)C2=O)ccc1OCC(=O)Nc1ccc(C)c(C)c1. The second-order valence-electron chi connectivity index (χ2n) is 9.22. The first kappa shape index (κ1) is 31.1. The Labute approximate surface area is 260 Å². The van der Waals surface area contributed by atoms with E-state index in [-0.39, 0.29) is 17.4 Å². The van der Waals surface area contributed by atoms with E-state index in [4.69, 9.17) is 21.1 Å². The molecule has 3 aromatic rings. The Morgan fingerprint density at radius 2 is 1.64 bits per heavy atom. The van der Waals surface area contributed by atoms with Crippen LogP contribution in [-0.2, 0) is 14.4 Å². The first-order valence-corrected chi connectivity index (χ1v) is 14.8. The molecule has 4 amide bonds. The molecule has 0 spiro atoms. The number of rotatable bonds is 10. The zero-order chi connectivity index (χ0) is 30.4. The molecule has 12 heteroatoms. The lowest BCUT2D eigenvalue weighted by molar-refractivity contribution is -0.127. The highest BCUT2D eigenvalue weighted by molar-refractivity contribution is 9.10.